The van der Waals surface area contributed by atoms with Crippen molar-refractivity contribution in [3.05, 3.63) is 49.1 Å². The van der Waals surface area contributed by atoms with Gasteiger partial charge in [0, 0.05) is 4.90 Å². The number of aliphatic hydroxyl groups is 1. The zero-order chi connectivity index (χ0) is 11.3. The monoisotopic (exact) mass is 222 g/mol. The molecule has 2 nitrogen and oxygen atoms in total. The number of hydrogen-bond acceptors (Lipinski definition) is 3. The van der Waals surface area contributed by atoms with Gasteiger partial charge in [-0.3, -0.25) is 0 Å². The van der Waals surface area contributed by atoms with E-state index in [2.05, 4.69) is 13.2 Å². The summed E-state index contributed by atoms with van der Waals surface area (Å²) in [4.78, 5) is 0.931. The molecule has 15 heavy (non-hydrogen) atoms. The highest BCUT2D eigenvalue weighted by atomic mass is 32.2. The zero-order valence-corrected chi connectivity index (χ0v) is 9.20. The lowest BCUT2D eigenvalue weighted by Crippen LogP contribution is -1.96. The maximum Gasteiger partial charge on any atom is 0.122 e. The molecule has 0 spiro atoms. The molecule has 1 unspecified atom stereocenters. The standard InChI is InChI=1S/C12H14O2S/c1-3-5-9-8-10(13)6-7-11(9)15-12(14)4-2/h3-4,6-8,12-14H,1-2,5H2. The van der Waals surface area contributed by atoms with Crippen molar-refractivity contribution < 1.29 is 10.2 Å². The SMILES string of the molecule is C=CCc1cc(O)ccc1SC(O)C=C. The van der Waals surface area contributed by atoms with Gasteiger partial charge in [-0.2, -0.15) is 0 Å². The molecule has 0 aliphatic heterocycles. The molecule has 0 saturated heterocycles. The first kappa shape index (κ1) is 11.9. The number of phenols is 1. The molecule has 80 valence electrons. The molecule has 0 heterocycles. The van der Waals surface area contributed by atoms with E-state index in [0.29, 0.717) is 6.42 Å². The van der Waals surface area contributed by atoms with Crippen LogP contribution in [0.3, 0.4) is 0 Å². The van der Waals surface area contributed by atoms with Gasteiger partial charge in [0.1, 0.15) is 11.2 Å². The van der Waals surface area contributed by atoms with Crippen molar-refractivity contribution in [3.8, 4) is 5.75 Å². The van der Waals surface area contributed by atoms with E-state index in [1.54, 1.807) is 24.3 Å². The van der Waals surface area contributed by atoms with Gasteiger partial charge in [0.05, 0.1) is 0 Å². The lowest BCUT2D eigenvalue weighted by molar-refractivity contribution is 0.310. The summed E-state index contributed by atoms with van der Waals surface area (Å²) in [5, 5.41) is 18.8. The number of thioether (sulfide) groups is 1. The van der Waals surface area contributed by atoms with Crippen molar-refractivity contribution in [2.45, 2.75) is 16.8 Å². The van der Waals surface area contributed by atoms with Crippen LogP contribution in [-0.2, 0) is 6.42 Å². The van der Waals surface area contributed by atoms with E-state index in [4.69, 9.17) is 0 Å². The van der Waals surface area contributed by atoms with Gasteiger partial charge < -0.3 is 10.2 Å². The van der Waals surface area contributed by atoms with Gasteiger partial charge in [-0.05, 0) is 30.2 Å². The normalized spacial score (nSPS) is 12.1. The minimum Gasteiger partial charge on any atom is -0.508 e. The molecule has 1 atom stereocenters. The summed E-state index contributed by atoms with van der Waals surface area (Å²) >= 11 is 1.30. The Bertz CT molecular complexity index is 361. The van der Waals surface area contributed by atoms with Gasteiger partial charge in [-0.25, -0.2) is 0 Å². The predicted molar refractivity (Wildman–Crippen MR) is 64.1 cm³/mol. The summed E-state index contributed by atoms with van der Waals surface area (Å²) < 4.78 is 0. The molecule has 0 fully saturated rings. The van der Waals surface area contributed by atoms with Crippen LogP contribution in [0.2, 0.25) is 0 Å². The fraction of sp³-hybridized carbons (Fsp3) is 0.167. The quantitative estimate of drug-likeness (QED) is 0.457. The van der Waals surface area contributed by atoms with Crippen LogP contribution in [0.1, 0.15) is 5.56 Å². The predicted octanol–water partition coefficient (Wildman–Crippen LogP) is 2.72. The van der Waals surface area contributed by atoms with Crippen LogP contribution in [0.15, 0.2) is 48.4 Å². The Kier molecular flexibility index (Phi) is 4.46. The van der Waals surface area contributed by atoms with Crippen molar-refractivity contribution >= 4 is 11.8 Å². The van der Waals surface area contributed by atoms with Crippen LogP contribution < -0.4 is 0 Å². The lowest BCUT2D eigenvalue weighted by Gasteiger charge is -2.10. The van der Waals surface area contributed by atoms with E-state index in [-0.39, 0.29) is 5.75 Å². The maximum atomic E-state index is 9.43. The maximum absolute atomic E-state index is 9.43. The van der Waals surface area contributed by atoms with E-state index >= 15 is 0 Å². The summed E-state index contributed by atoms with van der Waals surface area (Å²) in [6, 6.07) is 5.07. The summed E-state index contributed by atoms with van der Waals surface area (Å²) in [7, 11) is 0. The van der Waals surface area contributed by atoms with Crippen molar-refractivity contribution in [1.29, 1.82) is 0 Å². The molecular formula is C12H14O2S. The Hall–Kier alpha value is -1.19. The van der Waals surface area contributed by atoms with E-state index < -0.39 is 5.44 Å². The second-order valence-corrected chi connectivity index (χ2v) is 4.19. The molecule has 0 saturated carbocycles. The first-order valence-corrected chi connectivity index (χ1v) is 5.45. The smallest absolute Gasteiger partial charge is 0.122 e. The van der Waals surface area contributed by atoms with Crippen LogP contribution >= 0.6 is 11.8 Å². The van der Waals surface area contributed by atoms with Gasteiger partial charge in [0.25, 0.3) is 0 Å². The molecule has 3 heteroatoms. The number of benzene rings is 1. The number of aromatic hydroxyl groups is 1. The largest absolute Gasteiger partial charge is 0.508 e. The third-order valence-corrected chi connectivity index (χ3v) is 2.94. The molecule has 0 radical (unpaired) electrons. The summed E-state index contributed by atoms with van der Waals surface area (Å²) in [6.07, 6.45) is 3.90. The molecule has 1 aromatic carbocycles. The highest BCUT2D eigenvalue weighted by Crippen LogP contribution is 2.29. The number of hydrogen-bond donors (Lipinski definition) is 2. The van der Waals surface area contributed by atoms with Crippen LogP contribution in [-0.4, -0.2) is 15.6 Å². The first-order chi connectivity index (χ1) is 7.17. The molecule has 0 bridgehead atoms. The molecular weight excluding hydrogens is 208 g/mol. The van der Waals surface area contributed by atoms with Crippen LogP contribution in [0, 0.1) is 0 Å². The van der Waals surface area contributed by atoms with Crippen LogP contribution in [0.25, 0.3) is 0 Å². The second kappa shape index (κ2) is 5.63. The number of rotatable bonds is 5. The van der Waals surface area contributed by atoms with Gasteiger partial charge in [-0.1, -0.05) is 30.5 Å². The van der Waals surface area contributed by atoms with Crippen molar-refractivity contribution in [1.82, 2.24) is 0 Å². The van der Waals surface area contributed by atoms with Crippen molar-refractivity contribution in [2.75, 3.05) is 0 Å². The van der Waals surface area contributed by atoms with E-state index in [1.165, 1.54) is 17.8 Å². The second-order valence-electron chi connectivity index (χ2n) is 3.03. The van der Waals surface area contributed by atoms with Gasteiger partial charge in [0.2, 0.25) is 0 Å². The number of allylic oxidation sites excluding steroid dienone is 1. The summed E-state index contributed by atoms with van der Waals surface area (Å²) in [6.45, 7) is 7.16. The van der Waals surface area contributed by atoms with E-state index in [0.717, 1.165) is 10.5 Å². The molecule has 1 rings (SSSR count). The molecule has 0 amide bonds. The topological polar surface area (TPSA) is 40.5 Å². The molecule has 1 aromatic rings. The minimum atomic E-state index is -0.627. The number of aliphatic hydroxyl groups excluding tert-OH is 1. The zero-order valence-electron chi connectivity index (χ0n) is 8.39. The fourth-order valence-corrected chi connectivity index (χ4v) is 1.97. The van der Waals surface area contributed by atoms with Crippen LogP contribution in [0.4, 0.5) is 0 Å². The third kappa shape index (κ3) is 3.46. The van der Waals surface area contributed by atoms with Crippen LogP contribution in [0.5, 0.6) is 5.75 Å². The Morgan fingerprint density at radius 2 is 2.13 bits per heavy atom. The van der Waals surface area contributed by atoms with Crippen molar-refractivity contribution in [2.24, 2.45) is 0 Å². The average Bonchev–Trinajstić information content (AvgIpc) is 2.22. The van der Waals surface area contributed by atoms with Gasteiger partial charge in [-0.15, -0.1) is 6.58 Å². The Morgan fingerprint density at radius 3 is 2.73 bits per heavy atom. The van der Waals surface area contributed by atoms with E-state index in [1.807, 2.05) is 0 Å². The molecule has 0 aliphatic rings. The number of phenolic OH excluding ortho intramolecular Hbond substituents is 1. The average molecular weight is 222 g/mol. The summed E-state index contributed by atoms with van der Waals surface area (Å²) in [5.41, 5.74) is 0.328. The molecule has 0 aliphatic carbocycles. The Morgan fingerprint density at radius 1 is 1.40 bits per heavy atom. The first-order valence-electron chi connectivity index (χ1n) is 4.57. The van der Waals surface area contributed by atoms with Crippen molar-refractivity contribution in [3.63, 3.8) is 0 Å². The highest BCUT2D eigenvalue weighted by molar-refractivity contribution is 8.00. The minimum absolute atomic E-state index is 0.226. The Labute approximate surface area is 94.0 Å². The fourth-order valence-electron chi connectivity index (χ4n) is 1.17. The lowest BCUT2D eigenvalue weighted by atomic mass is 10.1. The molecule has 2 N–H and O–H groups in total. The van der Waals surface area contributed by atoms with Gasteiger partial charge in [0.15, 0.2) is 0 Å². The Balaban J connectivity index is 2.94. The van der Waals surface area contributed by atoms with E-state index in [9.17, 15) is 10.2 Å². The third-order valence-electron chi connectivity index (χ3n) is 1.86. The van der Waals surface area contributed by atoms with Gasteiger partial charge >= 0.3 is 0 Å². The highest BCUT2D eigenvalue weighted by Gasteiger charge is 2.07. The molecule has 0 aromatic heterocycles. The summed E-state index contributed by atoms with van der Waals surface area (Å²) in [5.74, 6) is 0.226.